The van der Waals surface area contributed by atoms with E-state index in [1.54, 1.807) is 12.3 Å². The summed E-state index contributed by atoms with van der Waals surface area (Å²) in [5.74, 6) is 0. The lowest BCUT2D eigenvalue weighted by atomic mass is 10.0. The number of benzene rings is 1. The molecule has 3 nitrogen and oxygen atoms in total. The molecule has 1 aromatic carbocycles. The van der Waals surface area contributed by atoms with Crippen LogP contribution in [-0.2, 0) is 0 Å². The largest absolute Gasteiger partial charge is 0.285 e. The molecule has 0 amide bonds. The van der Waals surface area contributed by atoms with Gasteiger partial charge in [0, 0.05) is 22.2 Å². The molecule has 2 heterocycles. The number of allylic oxidation sites excluding steroid dienone is 3. The van der Waals surface area contributed by atoms with Gasteiger partial charge >= 0.3 is 0 Å². The van der Waals surface area contributed by atoms with E-state index in [9.17, 15) is 0 Å². The lowest BCUT2D eigenvalue weighted by Gasteiger charge is -2.09. The Labute approximate surface area is 141 Å². The quantitative estimate of drug-likeness (QED) is 0.498. The van der Waals surface area contributed by atoms with E-state index < -0.39 is 0 Å². The van der Waals surface area contributed by atoms with Crippen LogP contribution in [0.25, 0.3) is 27.6 Å². The maximum absolute atomic E-state index is 6.10. The van der Waals surface area contributed by atoms with Crippen molar-refractivity contribution in [1.82, 2.24) is 15.2 Å². The van der Waals surface area contributed by atoms with Crippen LogP contribution in [0, 0.1) is 0 Å². The van der Waals surface area contributed by atoms with Crippen LogP contribution < -0.4 is 0 Å². The van der Waals surface area contributed by atoms with E-state index in [2.05, 4.69) is 36.0 Å². The third-order valence-corrected chi connectivity index (χ3v) is 3.64. The van der Waals surface area contributed by atoms with Gasteiger partial charge in [0.2, 0.25) is 0 Å². The summed E-state index contributed by atoms with van der Waals surface area (Å²) in [7, 11) is 0. The van der Waals surface area contributed by atoms with Crippen LogP contribution >= 0.6 is 11.6 Å². The number of nitrogens with one attached hydrogen (secondary N) is 1. The Hall–Kier alpha value is -2.65. The van der Waals surface area contributed by atoms with Crippen LogP contribution in [0.2, 0.25) is 5.02 Å². The maximum atomic E-state index is 6.10. The van der Waals surface area contributed by atoms with Crippen molar-refractivity contribution in [3.05, 3.63) is 79.3 Å². The van der Waals surface area contributed by atoms with Crippen LogP contribution in [0.5, 0.6) is 0 Å². The average Bonchev–Trinajstić information content (AvgIpc) is 3.11. The smallest absolute Gasteiger partial charge is 0.0730 e. The van der Waals surface area contributed by atoms with E-state index in [1.165, 1.54) is 0 Å². The van der Waals surface area contributed by atoms with Crippen LogP contribution in [-0.4, -0.2) is 15.2 Å². The first-order valence-corrected chi connectivity index (χ1v) is 7.49. The summed E-state index contributed by atoms with van der Waals surface area (Å²) < 4.78 is 0. The Balaban J connectivity index is 0.000000924. The summed E-state index contributed by atoms with van der Waals surface area (Å²) in [6.45, 7) is 11.8. The monoisotopic (exact) mass is 323 g/mol. The Morgan fingerprint density at radius 3 is 2.65 bits per heavy atom. The van der Waals surface area contributed by atoms with Crippen LogP contribution in [0.3, 0.4) is 0 Å². The summed E-state index contributed by atoms with van der Waals surface area (Å²) in [6, 6.07) is 7.79. The minimum atomic E-state index is 0.672. The predicted octanol–water partition coefficient (Wildman–Crippen LogP) is 5.67. The van der Waals surface area contributed by atoms with Gasteiger partial charge < -0.3 is 0 Å². The highest BCUT2D eigenvalue weighted by atomic mass is 35.5. The summed E-state index contributed by atoms with van der Waals surface area (Å²) in [5, 5.41) is 8.60. The van der Waals surface area contributed by atoms with Crippen LogP contribution in [0.4, 0.5) is 0 Å². The molecule has 2 aromatic heterocycles. The SMILES string of the molecule is C=C.C=C/C(=C\C)c1cc(-c2cn[nH]c2)c2ccc(Cl)cc2n1. The Bertz CT molecular complexity index is 848. The Kier molecular flexibility index (Phi) is 5.50. The lowest BCUT2D eigenvalue weighted by molar-refractivity contribution is 1.09. The number of fused-ring (bicyclic) bond motifs is 1. The van der Waals surface area contributed by atoms with Crippen LogP contribution in [0.1, 0.15) is 12.6 Å². The second-order valence-corrected chi connectivity index (χ2v) is 5.09. The molecule has 0 unspecified atom stereocenters. The number of aromatic nitrogens is 3. The van der Waals surface area contributed by atoms with Crippen molar-refractivity contribution in [2.24, 2.45) is 0 Å². The highest BCUT2D eigenvalue weighted by Crippen LogP contribution is 2.31. The van der Waals surface area contributed by atoms with E-state index >= 15 is 0 Å². The van der Waals surface area contributed by atoms with E-state index in [4.69, 9.17) is 16.6 Å². The number of aromatic amines is 1. The zero-order valence-electron chi connectivity index (χ0n) is 13.0. The molecular weight excluding hydrogens is 306 g/mol. The summed E-state index contributed by atoms with van der Waals surface area (Å²) >= 11 is 6.10. The fourth-order valence-corrected chi connectivity index (χ4v) is 2.52. The number of hydrogen-bond donors (Lipinski definition) is 1. The van der Waals surface area contributed by atoms with Gasteiger partial charge in [0.15, 0.2) is 0 Å². The molecule has 0 fully saturated rings. The van der Waals surface area contributed by atoms with Crippen molar-refractivity contribution in [3.8, 4) is 11.1 Å². The van der Waals surface area contributed by atoms with E-state index in [-0.39, 0.29) is 0 Å². The number of pyridine rings is 1. The second-order valence-electron chi connectivity index (χ2n) is 4.65. The molecule has 3 aromatic rings. The zero-order chi connectivity index (χ0) is 16.8. The molecular formula is C19H18ClN3. The molecule has 0 atom stereocenters. The third kappa shape index (κ3) is 3.41. The number of H-pyrrole nitrogens is 1. The average molecular weight is 324 g/mol. The Morgan fingerprint density at radius 1 is 1.26 bits per heavy atom. The van der Waals surface area contributed by atoms with Gasteiger partial charge in [-0.1, -0.05) is 36.4 Å². The van der Waals surface area contributed by atoms with Crippen molar-refractivity contribution in [1.29, 1.82) is 0 Å². The molecule has 0 aliphatic rings. The van der Waals surface area contributed by atoms with Gasteiger partial charge in [-0.15, -0.1) is 13.2 Å². The highest BCUT2D eigenvalue weighted by Gasteiger charge is 2.10. The van der Waals surface area contributed by atoms with Crippen molar-refractivity contribution < 1.29 is 0 Å². The second kappa shape index (κ2) is 7.56. The number of hydrogen-bond acceptors (Lipinski definition) is 2. The normalized spacial score (nSPS) is 11.0. The van der Waals surface area contributed by atoms with E-state index in [0.29, 0.717) is 5.02 Å². The molecule has 0 saturated heterocycles. The van der Waals surface area contributed by atoms with Crippen molar-refractivity contribution in [3.63, 3.8) is 0 Å². The predicted molar refractivity (Wildman–Crippen MR) is 99.4 cm³/mol. The van der Waals surface area contributed by atoms with Crippen LogP contribution in [0.15, 0.2) is 68.5 Å². The highest BCUT2D eigenvalue weighted by molar-refractivity contribution is 6.31. The van der Waals surface area contributed by atoms with E-state index in [0.717, 1.165) is 33.3 Å². The first-order chi connectivity index (χ1) is 11.2. The van der Waals surface area contributed by atoms with Gasteiger partial charge in [-0.2, -0.15) is 5.10 Å². The minimum Gasteiger partial charge on any atom is -0.285 e. The molecule has 0 saturated carbocycles. The first-order valence-electron chi connectivity index (χ1n) is 7.11. The molecule has 3 rings (SSSR count). The van der Waals surface area contributed by atoms with Gasteiger partial charge in [-0.3, -0.25) is 5.10 Å². The fourth-order valence-electron chi connectivity index (χ4n) is 2.36. The van der Waals surface area contributed by atoms with Gasteiger partial charge in [0.25, 0.3) is 0 Å². The molecule has 116 valence electrons. The van der Waals surface area contributed by atoms with Crippen molar-refractivity contribution >= 4 is 28.1 Å². The number of halogens is 1. The van der Waals surface area contributed by atoms with Crippen molar-refractivity contribution in [2.45, 2.75) is 6.92 Å². The fraction of sp³-hybridized carbons (Fsp3) is 0.0526. The first kappa shape index (κ1) is 16.7. The summed E-state index contributed by atoms with van der Waals surface area (Å²) in [6.07, 6.45) is 7.47. The molecule has 0 radical (unpaired) electrons. The number of nitrogens with zero attached hydrogens (tertiary/aromatic N) is 2. The van der Waals surface area contributed by atoms with Gasteiger partial charge in [0.05, 0.1) is 17.4 Å². The minimum absolute atomic E-state index is 0.672. The molecule has 0 bridgehead atoms. The summed E-state index contributed by atoms with van der Waals surface area (Å²) in [4.78, 5) is 4.69. The third-order valence-electron chi connectivity index (χ3n) is 3.41. The molecule has 1 N–H and O–H groups in total. The molecule has 0 spiro atoms. The number of rotatable bonds is 3. The standard InChI is InChI=1S/C17H14ClN3.C2H4/c1-3-11(4-2)16-8-15(12-9-19-20-10-12)14-6-5-13(18)7-17(14)21-16;1-2/h3-10H,1H2,2H3,(H,19,20);1-2H2/b11-4+;. The van der Waals surface area contributed by atoms with E-state index in [1.807, 2.05) is 37.4 Å². The van der Waals surface area contributed by atoms with Gasteiger partial charge in [-0.25, -0.2) is 4.98 Å². The Morgan fingerprint density at radius 2 is 2.04 bits per heavy atom. The molecule has 4 heteroatoms. The lowest BCUT2D eigenvalue weighted by Crippen LogP contribution is -1.91. The zero-order valence-corrected chi connectivity index (χ0v) is 13.8. The molecule has 0 aliphatic heterocycles. The molecule has 0 aliphatic carbocycles. The maximum Gasteiger partial charge on any atom is 0.0730 e. The molecule has 23 heavy (non-hydrogen) atoms. The topological polar surface area (TPSA) is 41.6 Å². The van der Waals surface area contributed by atoms with Crippen molar-refractivity contribution in [2.75, 3.05) is 0 Å². The van der Waals surface area contributed by atoms with Gasteiger partial charge in [-0.05, 0) is 36.3 Å². The summed E-state index contributed by atoms with van der Waals surface area (Å²) in [5.41, 5.74) is 4.81. The van der Waals surface area contributed by atoms with Gasteiger partial charge in [0.1, 0.15) is 0 Å².